The molecule has 1 amide bonds. The Labute approximate surface area is 131 Å². The predicted molar refractivity (Wildman–Crippen MR) is 84.8 cm³/mol. The van der Waals surface area contributed by atoms with Crippen LogP contribution in [0.15, 0.2) is 46.9 Å². The van der Waals surface area contributed by atoms with E-state index < -0.39 is 5.41 Å². The van der Waals surface area contributed by atoms with E-state index in [9.17, 15) is 9.18 Å². The van der Waals surface area contributed by atoms with E-state index in [1.807, 2.05) is 25.1 Å². The lowest BCUT2D eigenvalue weighted by molar-refractivity contribution is -0.118. The Morgan fingerprint density at radius 3 is 2.43 bits per heavy atom. The van der Waals surface area contributed by atoms with Gasteiger partial charge in [-0.2, -0.15) is 0 Å². The van der Waals surface area contributed by atoms with Gasteiger partial charge >= 0.3 is 0 Å². The van der Waals surface area contributed by atoms with Crippen LogP contribution in [0.4, 0.5) is 10.1 Å². The summed E-state index contributed by atoms with van der Waals surface area (Å²) in [5.41, 5.74) is 2.22. The number of hydrogen-bond acceptors (Lipinski definition) is 1. The van der Waals surface area contributed by atoms with Gasteiger partial charge in [0.25, 0.3) is 0 Å². The fraction of sp³-hybridized carbons (Fsp3) is 0.235. The van der Waals surface area contributed by atoms with Crippen LogP contribution in [0, 0.1) is 12.7 Å². The molecule has 1 fully saturated rings. The van der Waals surface area contributed by atoms with Crippen molar-refractivity contribution in [2.45, 2.75) is 25.2 Å². The van der Waals surface area contributed by atoms with Crippen LogP contribution in [-0.4, -0.2) is 5.91 Å². The van der Waals surface area contributed by atoms with Gasteiger partial charge in [-0.3, -0.25) is 4.79 Å². The van der Waals surface area contributed by atoms with Crippen molar-refractivity contribution in [2.75, 3.05) is 5.32 Å². The molecule has 0 aromatic heterocycles. The van der Waals surface area contributed by atoms with Gasteiger partial charge in [0.1, 0.15) is 5.82 Å². The van der Waals surface area contributed by atoms with Crippen LogP contribution in [0.5, 0.6) is 0 Å². The number of benzene rings is 2. The van der Waals surface area contributed by atoms with Crippen molar-refractivity contribution < 1.29 is 9.18 Å². The van der Waals surface area contributed by atoms with Crippen molar-refractivity contribution in [3.63, 3.8) is 0 Å². The molecule has 0 spiro atoms. The highest BCUT2D eigenvalue weighted by Crippen LogP contribution is 2.49. The molecule has 0 aliphatic heterocycles. The largest absolute Gasteiger partial charge is 0.325 e. The first-order chi connectivity index (χ1) is 10.0. The third-order valence-corrected chi connectivity index (χ3v) is 4.51. The Bertz CT molecular complexity index is 692. The fourth-order valence-electron chi connectivity index (χ4n) is 2.55. The standard InChI is InChI=1S/C17H15BrFNO/c1-11-10-13(18)4-7-15(11)20-16(21)17(8-9-17)12-2-5-14(19)6-3-12/h2-7,10H,8-9H2,1H3,(H,20,21). The minimum Gasteiger partial charge on any atom is -0.325 e. The summed E-state index contributed by atoms with van der Waals surface area (Å²) in [7, 11) is 0. The van der Waals surface area contributed by atoms with Crippen LogP contribution in [0.3, 0.4) is 0 Å². The first-order valence-corrected chi connectivity index (χ1v) is 7.64. The van der Waals surface area contributed by atoms with Gasteiger partial charge in [0.2, 0.25) is 5.91 Å². The minimum atomic E-state index is -0.493. The Balaban J connectivity index is 1.83. The van der Waals surface area contributed by atoms with E-state index in [0.29, 0.717) is 0 Å². The summed E-state index contributed by atoms with van der Waals surface area (Å²) >= 11 is 3.41. The number of amides is 1. The normalized spacial score (nSPS) is 15.6. The number of rotatable bonds is 3. The van der Waals surface area contributed by atoms with Crippen LogP contribution in [0.2, 0.25) is 0 Å². The lowest BCUT2D eigenvalue weighted by Gasteiger charge is -2.17. The minimum absolute atomic E-state index is 0.0143. The summed E-state index contributed by atoms with van der Waals surface area (Å²) < 4.78 is 14.0. The molecule has 0 radical (unpaired) electrons. The molecule has 4 heteroatoms. The Kier molecular flexibility index (Phi) is 3.57. The van der Waals surface area contributed by atoms with Crippen LogP contribution in [0.1, 0.15) is 24.0 Å². The summed E-state index contributed by atoms with van der Waals surface area (Å²) in [6.07, 6.45) is 1.61. The lowest BCUT2D eigenvalue weighted by Crippen LogP contribution is -2.28. The maximum atomic E-state index is 13.0. The number of carbonyl (C=O) groups is 1. The van der Waals surface area contributed by atoms with Crippen LogP contribution in [-0.2, 0) is 10.2 Å². The first-order valence-electron chi connectivity index (χ1n) is 6.85. The molecule has 21 heavy (non-hydrogen) atoms. The second kappa shape index (κ2) is 5.26. The third-order valence-electron chi connectivity index (χ3n) is 4.02. The van der Waals surface area contributed by atoms with Crippen molar-refractivity contribution in [2.24, 2.45) is 0 Å². The van der Waals surface area contributed by atoms with Crippen LogP contribution < -0.4 is 5.32 Å². The maximum absolute atomic E-state index is 13.0. The van der Waals surface area contributed by atoms with Gasteiger partial charge in [0.15, 0.2) is 0 Å². The average Bonchev–Trinajstić information content (AvgIpc) is 3.24. The van der Waals surface area contributed by atoms with Gasteiger partial charge in [-0.25, -0.2) is 4.39 Å². The molecule has 2 nitrogen and oxygen atoms in total. The molecule has 0 saturated heterocycles. The lowest BCUT2D eigenvalue weighted by atomic mass is 9.94. The molecule has 1 N–H and O–H groups in total. The Hall–Kier alpha value is -1.68. The van der Waals surface area contributed by atoms with Crippen molar-refractivity contribution in [3.05, 3.63) is 63.9 Å². The third kappa shape index (κ3) is 2.72. The highest BCUT2D eigenvalue weighted by Gasteiger charge is 2.51. The SMILES string of the molecule is Cc1cc(Br)ccc1NC(=O)C1(c2ccc(F)cc2)CC1. The van der Waals surface area contributed by atoms with Gasteiger partial charge in [0, 0.05) is 10.2 Å². The average molecular weight is 348 g/mol. The molecule has 2 aromatic rings. The van der Waals surface area contributed by atoms with Crippen LogP contribution >= 0.6 is 15.9 Å². The molecule has 0 heterocycles. The monoisotopic (exact) mass is 347 g/mol. The van der Waals surface area contributed by atoms with Gasteiger partial charge in [-0.05, 0) is 61.2 Å². The van der Waals surface area contributed by atoms with E-state index >= 15 is 0 Å². The molecule has 1 saturated carbocycles. The first kappa shape index (κ1) is 14.3. The molecule has 3 rings (SSSR count). The van der Waals surface area contributed by atoms with Crippen molar-refractivity contribution >= 4 is 27.5 Å². The molecule has 1 aliphatic rings. The van der Waals surface area contributed by atoms with E-state index in [1.165, 1.54) is 12.1 Å². The fourth-order valence-corrected chi connectivity index (χ4v) is 3.03. The zero-order chi connectivity index (χ0) is 15.0. The van der Waals surface area contributed by atoms with E-state index in [0.717, 1.165) is 34.1 Å². The number of halogens is 2. The quantitative estimate of drug-likeness (QED) is 0.865. The van der Waals surface area contributed by atoms with E-state index in [-0.39, 0.29) is 11.7 Å². The van der Waals surface area contributed by atoms with Crippen LogP contribution in [0.25, 0.3) is 0 Å². The molecular weight excluding hydrogens is 333 g/mol. The van der Waals surface area contributed by atoms with Crippen molar-refractivity contribution in [1.82, 2.24) is 0 Å². The summed E-state index contributed by atoms with van der Waals surface area (Å²) in [6, 6.07) is 12.0. The summed E-state index contributed by atoms with van der Waals surface area (Å²) in [5, 5.41) is 3.00. The van der Waals surface area contributed by atoms with Gasteiger partial charge in [-0.15, -0.1) is 0 Å². The summed E-state index contributed by atoms with van der Waals surface area (Å²) in [5.74, 6) is -0.293. The molecule has 0 atom stereocenters. The number of hydrogen-bond donors (Lipinski definition) is 1. The van der Waals surface area contributed by atoms with E-state index in [4.69, 9.17) is 0 Å². The maximum Gasteiger partial charge on any atom is 0.235 e. The van der Waals surface area contributed by atoms with Gasteiger partial charge in [-0.1, -0.05) is 28.1 Å². The van der Waals surface area contributed by atoms with E-state index in [2.05, 4.69) is 21.2 Å². The molecular formula is C17H15BrFNO. The molecule has 0 unspecified atom stereocenters. The molecule has 1 aliphatic carbocycles. The second-order valence-corrected chi connectivity index (χ2v) is 6.42. The number of aryl methyl sites for hydroxylation is 1. The molecule has 0 bridgehead atoms. The predicted octanol–water partition coefficient (Wildman–Crippen LogP) is 4.57. The number of anilines is 1. The highest BCUT2D eigenvalue weighted by atomic mass is 79.9. The number of carbonyl (C=O) groups excluding carboxylic acids is 1. The van der Waals surface area contributed by atoms with Crippen molar-refractivity contribution in [1.29, 1.82) is 0 Å². The second-order valence-electron chi connectivity index (χ2n) is 5.50. The topological polar surface area (TPSA) is 29.1 Å². The highest BCUT2D eigenvalue weighted by molar-refractivity contribution is 9.10. The van der Waals surface area contributed by atoms with E-state index in [1.54, 1.807) is 12.1 Å². The zero-order valence-corrected chi connectivity index (χ0v) is 13.2. The summed E-state index contributed by atoms with van der Waals surface area (Å²) in [4.78, 5) is 12.6. The summed E-state index contributed by atoms with van der Waals surface area (Å²) in [6.45, 7) is 1.96. The Morgan fingerprint density at radius 1 is 1.19 bits per heavy atom. The van der Waals surface area contributed by atoms with Crippen molar-refractivity contribution in [3.8, 4) is 0 Å². The van der Waals surface area contributed by atoms with Gasteiger partial charge < -0.3 is 5.32 Å². The molecule has 108 valence electrons. The zero-order valence-electron chi connectivity index (χ0n) is 11.6. The van der Waals surface area contributed by atoms with Gasteiger partial charge in [0.05, 0.1) is 5.41 Å². The Morgan fingerprint density at radius 2 is 1.86 bits per heavy atom. The number of nitrogens with one attached hydrogen (secondary N) is 1. The smallest absolute Gasteiger partial charge is 0.235 e. The molecule has 2 aromatic carbocycles.